The molecule has 0 radical (unpaired) electrons. The lowest BCUT2D eigenvalue weighted by Gasteiger charge is -2.25. The number of carbonyl (C=O) groups is 1. The fourth-order valence-corrected chi connectivity index (χ4v) is 2.60. The average molecular weight is 312 g/mol. The van der Waals surface area contributed by atoms with Gasteiger partial charge in [0.2, 0.25) is 0 Å². The van der Waals surface area contributed by atoms with E-state index < -0.39 is 0 Å². The van der Waals surface area contributed by atoms with Crippen LogP contribution < -0.4 is 5.32 Å². The minimum atomic E-state index is -0.148. The van der Waals surface area contributed by atoms with Gasteiger partial charge in [-0.05, 0) is 42.7 Å². The van der Waals surface area contributed by atoms with Crippen molar-refractivity contribution in [2.24, 2.45) is 0 Å². The van der Waals surface area contributed by atoms with E-state index in [0.717, 1.165) is 25.0 Å². The lowest BCUT2D eigenvalue weighted by molar-refractivity contribution is 0.0819. The summed E-state index contributed by atoms with van der Waals surface area (Å²) in [5.41, 5.74) is 1.73. The highest BCUT2D eigenvalue weighted by molar-refractivity contribution is 5.89. The maximum absolute atomic E-state index is 12.6. The Kier molecular flexibility index (Phi) is 5.16. The highest BCUT2D eigenvalue weighted by atomic mass is 16.5. The van der Waals surface area contributed by atoms with E-state index in [1.54, 1.807) is 35.8 Å². The van der Waals surface area contributed by atoms with E-state index in [1.807, 2.05) is 18.2 Å². The van der Waals surface area contributed by atoms with Crippen molar-refractivity contribution in [3.05, 3.63) is 54.6 Å². The van der Waals surface area contributed by atoms with Crippen LogP contribution in [-0.4, -0.2) is 40.2 Å². The van der Waals surface area contributed by atoms with Crippen molar-refractivity contribution < 1.29 is 9.53 Å². The van der Waals surface area contributed by atoms with Crippen LogP contribution in [0.5, 0.6) is 0 Å². The predicted octanol–water partition coefficient (Wildman–Crippen LogP) is 2.69. The molecular formula is C17H20N4O2. The molecule has 23 heavy (non-hydrogen) atoms. The molecule has 1 fully saturated rings. The summed E-state index contributed by atoms with van der Waals surface area (Å²) >= 11 is 0. The molecule has 0 saturated carbocycles. The first-order chi connectivity index (χ1) is 11.3. The third kappa shape index (κ3) is 4.50. The molecule has 0 aliphatic carbocycles. The summed E-state index contributed by atoms with van der Waals surface area (Å²) < 4.78 is 5.68. The monoisotopic (exact) mass is 312 g/mol. The standard InChI is InChI=1S/C17H20N4O2/c22-17(20-15-3-1-7-19-11-15)21(13-16-4-2-10-23-16)12-14-5-8-18-9-6-14/h1,3,5-9,11,16H,2,4,10,12-13H2,(H,20,22). The maximum atomic E-state index is 12.6. The average Bonchev–Trinajstić information content (AvgIpc) is 3.09. The SMILES string of the molecule is O=C(Nc1cccnc1)N(Cc1ccncc1)CC1CCCO1. The fraction of sp³-hybridized carbons (Fsp3) is 0.353. The topological polar surface area (TPSA) is 67.4 Å². The largest absolute Gasteiger partial charge is 0.376 e. The molecule has 0 spiro atoms. The van der Waals surface area contributed by atoms with E-state index in [2.05, 4.69) is 15.3 Å². The summed E-state index contributed by atoms with van der Waals surface area (Å²) in [6.07, 6.45) is 8.93. The van der Waals surface area contributed by atoms with Crippen LogP contribution in [0.15, 0.2) is 49.1 Å². The third-order valence-corrected chi connectivity index (χ3v) is 3.77. The number of hydrogen-bond donors (Lipinski definition) is 1. The number of amides is 2. The van der Waals surface area contributed by atoms with E-state index >= 15 is 0 Å². The number of pyridine rings is 2. The number of nitrogens with one attached hydrogen (secondary N) is 1. The second-order valence-electron chi connectivity index (χ2n) is 5.54. The van der Waals surface area contributed by atoms with Crippen molar-refractivity contribution >= 4 is 11.7 Å². The number of nitrogens with zero attached hydrogens (tertiary/aromatic N) is 3. The van der Waals surface area contributed by atoms with Crippen LogP contribution >= 0.6 is 0 Å². The molecule has 0 bridgehead atoms. The zero-order valence-electron chi connectivity index (χ0n) is 12.9. The summed E-state index contributed by atoms with van der Waals surface area (Å²) in [4.78, 5) is 22.4. The van der Waals surface area contributed by atoms with Crippen molar-refractivity contribution in [2.45, 2.75) is 25.5 Å². The molecule has 3 heterocycles. The Morgan fingerprint density at radius 1 is 1.26 bits per heavy atom. The number of urea groups is 1. The number of anilines is 1. The van der Waals surface area contributed by atoms with Crippen LogP contribution in [0, 0.1) is 0 Å². The Morgan fingerprint density at radius 2 is 2.13 bits per heavy atom. The van der Waals surface area contributed by atoms with Crippen molar-refractivity contribution in [1.82, 2.24) is 14.9 Å². The Hall–Kier alpha value is -2.47. The second kappa shape index (κ2) is 7.69. The van der Waals surface area contributed by atoms with Crippen molar-refractivity contribution in [3.8, 4) is 0 Å². The van der Waals surface area contributed by atoms with Crippen LogP contribution in [0.4, 0.5) is 10.5 Å². The molecule has 1 atom stereocenters. The zero-order chi connectivity index (χ0) is 15.9. The molecule has 1 saturated heterocycles. The molecule has 2 amide bonds. The van der Waals surface area contributed by atoms with Gasteiger partial charge in [-0.1, -0.05) is 0 Å². The van der Waals surface area contributed by atoms with Gasteiger partial charge >= 0.3 is 6.03 Å². The number of aromatic nitrogens is 2. The van der Waals surface area contributed by atoms with Crippen LogP contribution in [0.2, 0.25) is 0 Å². The third-order valence-electron chi connectivity index (χ3n) is 3.77. The van der Waals surface area contributed by atoms with Gasteiger partial charge in [0.25, 0.3) is 0 Å². The molecule has 6 nitrogen and oxygen atoms in total. The summed E-state index contributed by atoms with van der Waals surface area (Å²) in [6.45, 7) is 1.88. The van der Waals surface area contributed by atoms with Gasteiger partial charge in [-0.25, -0.2) is 4.79 Å². The summed E-state index contributed by atoms with van der Waals surface area (Å²) in [6, 6.07) is 7.30. The molecule has 1 N–H and O–H groups in total. The smallest absolute Gasteiger partial charge is 0.322 e. The number of rotatable bonds is 5. The molecule has 1 aliphatic heterocycles. The Bertz CT molecular complexity index is 615. The highest BCUT2D eigenvalue weighted by Crippen LogP contribution is 2.16. The number of ether oxygens (including phenoxy) is 1. The lowest BCUT2D eigenvalue weighted by atomic mass is 10.2. The van der Waals surface area contributed by atoms with Gasteiger partial charge in [0, 0.05) is 38.3 Å². The molecule has 3 rings (SSSR count). The van der Waals surface area contributed by atoms with E-state index in [4.69, 9.17) is 4.74 Å². The van der Waals surface area contributed by atoms with Gasteiger partial charge < -0.3 is 15.0 Å². The van der Waals surface area contributed by atoms with E-state index in [-0.39, 0.29) is 12.1 Å². The molecular weight excluding hydrogens is 292 g/mol. The van der Waals surface area contributed by atoms with Crippen LogP contribution in [0.1, 0.15) is 18.4 Å². The molecule has 2 aromatic heterocycles. The van der Waals surface area contributed by atoms with Crippen molar-refractivity contribution in [2.75, 3.05) is 18.5 Å². The van der Waals surface area contributed by atoms with E-state index in [0.29, 0.717) is 18.8 Å². The number of hydrogen-bond acceptors (Lipinski definition) is 4. The molecule has 0 aromatic carbocycles. The first-order valence-corrected chi connectivity index (χ1v) is 7.78. The van der Waals surface area contributed by atoms with Crippen LogP contribution in [0.3, 0.4) is 0 Å². The van der Waals surface area contributed by atoms with Gasteiger partial charge in [-0.15, -0.1) is 0 Å². The lowest BCUT2D eigenvalue weighted by Crippen LogP contribution is -2.39. The molecule has 2 aromatic rings. The Morgan fingerprint density at radius 3 is 2.83 bits per heavy atom. The van der Waals surface area contributed by atoms with Gasteiger partial charge in [0.1, 0.15) is 0 Å². The minimum Gasteiger partial charge on any atom is -0.376 e. The van der Waals surface area contributed by atoms with Gasteiger partial charge in [-0.2, -0.15) is 0 Å². The fourth-order valence-electron chi connectivity index (χ4n) is 2.60. The number of carbonyl (C=O) groups excluding carboxylic acids is 1. The minimum absolute atomic E-state index is 0.108. The van der Waals surface area contributed by atoms with Gasteiger partial charge in [-0.3, -0.25) is 9.97 Å². The molecule has 1 unspecified atom stereocenters. The quantitative estimate of drug-likeness (QED) is 0.921. The van der Waals surface area contributed by atoms with Gasteiger partial charge in [0.15, 0.2) is 0 Å². The predicted molar refractivity (Wildman–Crippen MR) is 86.9 cm³/mol. The Labute approximate surface area is 135 Å². The van der Waals surface area contributed by atoms with Crippen molar-refractivity contribution in [3.63, 3.8) is 0 Å². The summed E-state index contributed by atoms with van der Waals surface area (Å²) in [7, 11) is 0. The van der Waals surface area contributed by atoms with Crippen LogP contribution in [0.25, 0.3) is 0 Å². The first kappa shape index (κ1) is 15.4. The van der Waals surface area contributed by atoms with Gasteiger partial charge in [0.05, 0.1) is 18.0 Å². The molecule has 120 valence electrons. The van der Waals surface area contributed by atoms with Crippen LogP contribution in [-0.2, 0) is 11.3 Å². The first-order valence-electron chi connectivity index (χ1n) is 7.78. The second-order valence-corrected chi connectivity index (χ2v) is 5.54. The highest BCUT2D eigenvalue weighted by Gasteiger charge is 2.23. The molecule has 6 heteroatoms. The summed E-state index contributed by atoms with van der Waals surface area (Å²) in [5.74, 6) is 0. The normalized spacial score (nSPS) is 17.0. The van der Waals surface area contributed by atoms with E-state index in [9.17, 15) is 4.79 Å². The summed E-state index contributed by atoms with van der Waals surface area (Å²) in [5, 5.41) is 2.89. The zero-order valence-corrected chi connectivity index (χ0v) is 12.9. The maximum Gasteiger partial charge on any atom is 0.322 e. The Balaban J connectivity index is 1.69. The van der Waals surface area contributed by atoms with Crippen molar-refractivity contribution in [1.29, 1.82) is 0 Å². The van der Waals surface area contributed by atoms with E-state index in [1.165, 1.54) is 0 Å². The molecule has 1 aliphatic rings.